The molecule has 3 aromatic carbocycles. The lowest BCUT2D eigenvalue weighted by Gasteiger charge is -2.17. The lowest BCUT2D eigenvalue weighted by atomic mass is 9.90. The number of phenols is 1. The zero-order chi connectivity index (χ0) is 24.2. The highest BCUT2D eigenvalue weighted by Gasteiger charge is 2.23. The van der Waals surface area contributed by atoms with Crippen molar-refractivity contribution in [2.24, 2.45) is 0 Å². The van der Waals surface area contributed by atoms with Crippen LogP contribution in [-0.2, 0) is 17.6 Å². The monoisotopic (exact) mass is 460 g/mol. The first-order valence-electron chi connectivity index (χ1n) is 12.0. The number of benzene rings is 3. The molecule has 4 nitrogen and oxygen atoms in total. The predicted octanol–water partition coefficient (Wildman–Crippen LogP) is 6.47. The summed E-state index contributed by atoms with van der Waals surface area (Å²) < 4.78 is 0. The number of aromatic nitrogens is 2. The molecule has 1 aliphatic rings. The van der Waals surface area contributed by atoms with Gasteiger partial charge in [0.15, 0.2) is 0 Å². The standard InChI is InChI=1S/C31H28N2O2/c1-21-7-5-6-10-28(21)30-15-16-32-31(33-30)25(17-22-8-3-2-4-9-22)19-27(35)18-24-12-11-23-13-14-26(34)20-29(23)24/h2-10,12-16,20,25,34H,11,17-19H2,1H3. The second-order valence-corrected chi connectivity index (χ2v) is 9.20. The first kappa shape index (κ1) is 22.7. The van der Waals surface area contributed by atoms with Crippen molar-refractivity contribution in [2.75, 3.05) is 0 Å². The molecule has 0 amide bonds. The molecule has 0 fully saturated rings. The molecule has 0 aliphatic heterocycles. The van der Waals surface area contributed by atoms with E-state index in [-0.39, 0.29) is 17.5 Å². The Hall–Kier alpha value is -4.05. The van der Waals surface area contributed by atoms with Crippen molar-refractivity contribution in [3.8, 4) is 17.0 Å². The lowest BCUT2D eigenvalue weighted by molar-refractivity contribution is -0.118. The number of rotatable bonds is 8. The third-order valence-electron chi connectivity index (χ3n) is 6.65. The van der Waals surface area contributed by atoms with E-state index in [1.54, 1.807) is 18.3 Å². The molecule has 0 radical (unpaired) electrons. The van der Waals surface area contributed by atoms with Gasteiger partial charge in [-0.25, -0.2) is 9.97 Å². The minimum Gasteiger partial charge on any atom is -0.508 e. The normalized spacial score (nSPS) is 13.2. The fraction of sp³-hybridized carbons (Fsp3) is 0.194. The van der Waals surface area contributed by atoms with Gasteiger partial charge in [-0.05, 0) is 65.8 Å². The van der Waals surface area contributed by atoms with Crippen LogP contribution in [0.25, 0.3) is 16.8 Å². The van der Waals surface area contributed by atoms with E-state index in [2.05, 4.69) is 42.2 Å². The summed E-state index contributed by atoms with van der Waals surface area (Å²) in [6.07, 6.45) is 6.10. The second-order valence-electron chi connectivity index (χ2n) is 9.20. The highest BCUT2D eigenvalue weighted by Crippen LogP contribution is 2.34. The summed E-state index contributed by atoms with van der Waals surface area (Å²) in [6, 6.07) is 25.7. The maximum Gasteiger partial charge on any atom is 0.138 e. The van der Waals surface area contributed by atoms with E-state index in [1.165, 1.54) is 0 Å². The lowest BCUT2D eigenvalue weighted by Crippen LogP contribution is -2.14. The van der Waals surface area contributed by atoms with Crippen LogP contribution >= 0.6 is 0 Å². The number of hydrogen-bond donors (Lipinski definition) is 1. The highest BCUT2D eigenvalue weighted by atomic mass is 16.3. The fourth-order valence-corrected chi connectivity index (χ4v) is 4.85. The van der Waals surface area contributed by atoms with Crippen LogP contribution in [0.15, 0.2) is 91.1 Å². The number of carbonyl (C=O) groups excluding carboxylic acids is 1. The van der Waals surface area contributed by atoms with Gasteiger partial charge in [0.1, 0.15) is 17.4 Å². The molecule has 174 valence electrons. The second kappa shape index (κ2) is 10.1. The molecule has 1 aromatic heterocycles. The molecule has 1 atom stereocenters. The molecule has 0 saturated heterocycles. The molecule has 1 heterocycles. The van der Waals surface area contributed by atoms with E-state index in [0.29, 0.717) is 25.1 Å². The molecule has 4 aromatic rings. The minimum absolute atomic E-state index is 0.125. The van der Waals surface area contributed by atoms with E-state index in [1.807, 2.05) is 42.5 Å². The molecule has 1 unspecified atom stereocenters. The van der Waals surface area contributed by atoms with Crippen molar-refractivity contribution >= 4 is 11.4 Å². The summed E-state index contributed by atoms with van der Waals surface area (Å²) >= 11 is 0. The van der Waals surface area contributed by atoms with Gasteiger partial charge >= 0.3 is 0 Å². The molecule has 35 heavy (non-hydrogen) atoms. The van der Waals surface area contributed by atoms with Crippen LogP contribution in [0.3, 0.4) is 0 Å². The summed E-state index contributed by atoms with van der Waals surface area (Å²) in [5.41, 5.74) is 7.40. The average molecular weight is 461 g/mol. The van der Waals surface area contributed by atoms with Crippen molar-refractivity contribution < 1.29 is 9.90 Å². The Morgan fingerprint density at radius 2 is 1.77 bits per heavy atom. The SMILES string of the molecule is Cc1ccccc1-c1ccnc(C(CC(=O)CC2=CCc3ccc(O)cc32)Cc2ccccc2)n1. The van der Waals surface area contributed by atoms with Gasteiger partial charge in [0, 0.05) is 30.5 Å². The Morgan fingerprint density at radius 3 is 2.60 bits per heavy atom. The van der Waals surface area contributed by atoms with E-state index < -0.39 is 0 Å². The van der Waals surface area contributed by atoms with Crippen LogP contribution in [-0.4, -0.2) is 20.9 Å². The Kier molecular flexibility index (Phi) is 6.53. The topological polar surface area (TPSA) is 63.1 Å². The molecule has 0 spiro atoms. The minimum atomic E-state index is -0.125. The van der Waals surface area contributed by atoms with E-state index in [4.69, 9.17) is 4.98 Å². The maximum atomic E-state index is 13.3. The van der Waals surface area contributed by atoms with Crippen molar-refractivity contribution in [3.63, 3.8) is 0 Å². The van der Waals surface area contributed by atoms with Crippen molar-refractivity contribution in [2.45, 2.75) is 38.5 Å². The van der Waals surface area contributed by atoms with Gasteiger partial charge in [0.2, 0.25) is 0 Å². The van der Waals surface area contributed by atoms with E-state index >= 15 is 0 Å². The van der Waals surface area contributed by atoms with Crippen LogP contribution in [0.4, 0.5) is 0 Å². The molecule has 1 N–H and O–H groups in total. The highest BCUT2D eigenvalue weighted by molar-refractivity contribution is 5.92. The third-order valence-corrected chi connectivity index (χ3v) is 6.65. The number of hydrogen-bond acceptors (Lipinski definition) is 4. The van der Waals surface area contributed by atoms with Gasteiger partial charge < -0.3 is 5.11 Å². The van der Waals surface area contributed by atoms with Gasteiger partial charge in [0.05, 0.1) is 5.69 Å². The van der Waals surface area contributed by atoms with E-state index in [9.17, 15) is 9.90 Å². The van der Waals surface area contributed by atoms with Crippen LogP contribution in [0, 0.1) is 6.92 Å². The number of fused-ring (bicyclic) bond motifs is 1. The van der Waals surface area contributed by atoms with Gasteiger partial charge in [-0.2, -0.15) is 0 Å². The smallest absolute Gasteiger partial charge is 0.138 e. The molecule has 0 bridgehead atoms. The summed E-state index contributed by atoms with van der Waals surface area (Å²) in [4.78, 5) is 22.9. The Labute approximate surface area is 206 Å². The summed E-state index contributed by atoms with van der Waals surface area (Å²) in [5.74, 6) is 0.951. The quantitative estimate of drug-likeness (QED) is 0.327. The first-order chi connectivity index (χ1) is 17.1. The Morgan fingerprint density at radius 1 is 0.971 bits per heavy atom. The van der Waals surface area contributed by atoms with Gasteiger partial charge in [-0.3, -0.25) is 4.79 Å². The molecule has 4 heteroatoms. The Balaban J connectivity index is 1.41. The Bertz CT molecular complexity index is 1390. The van der Waals surface area contributed by atoms with Gasteiger partial charge in [-0.15, -0.1) is 0 Å². The van der Waals surface area contributed by atoms with Crippen LogP contribution < -0.4 is 0 Å². The summed E-state index contributed by atoms with van der Waals surface area (Å²) in [5, 5.41) is 9.92. The number of ketones is 1. The van der Waals surface area contributed by atoms with Gasteiger partial charge in [0.25, 0.3) is 0 Å². The maximum absolute atomic E-state index is 13.3. The largest absolute Gasteiger partial charge is 0.508 e. The molecule has 5 rings (SSSR count). The summed E-state index contributed by atoms with van der Waals surface area (Å²) in [6.45, 7) is 2.08. The molecule has 0 saturated carbocycles. The average Bonchev–Trinajstić information content (AvgIpc) is 3.26. The number of allylic oxidation sites excluding steroid dienone is 2. The first-order valence-corrected chi connectivity index (χ1v) is 12.0. The van der Waals surface area contributed by atoms with Gasteiger partial charge in [-0.1, -0.05) is 66.7 Å². The number of Topliss-reactive ketones (excluding diaryl/α,β-unsaturated/α-hetero) is 1. The predicted molar refractivity (Wildman–Crippen MR) is 139 cm³/mol. The van der Waals surface area contributed by atoms with Crippen molar-refractivity contribution in [1.82, 2.24) is 9.97 Å². The zero-order valence-corrected chi connectivity index (χ0v) is 19.8. The number of carbonyl (C=O) groups is 1. The molecular formula is C31H28N2O2. The van der Waals surface area contributed by atoms with Crippen molar-refractivity contribution in [1.29, 1.82) is 0 Å². The number of phenolic OH excluding ortho intramolecular Hbond substituents is 1. The number of nitrogens with zero attached hydrogens (tertiary/aromatic N) is 2. The third kappa shape index (κ3) is 5.22. The summed E-state index contributed by atoms with van der Waals surface area (Å²) in [7, 11) is 0. The zero-order valence-electron chi connectivity index (χ0n) is 19.8. The van der Waals surface area contributed by atoms with Crippen molar-refractivity contribution in [3.05, 3.63) is 119 Å². The van der Waals surface area contributed by atoms with Crippen LogP contribution in [0.2, 0.25) is 0 Å². The number of aromatic hydroxyl groups is 1. The molecule has 1 aliphatic carbocycles. The van der Waals surface area contributed by atoms with Crippen LogP contribution in [0.1, 0.15) is 46.8 Å². The van der Waals surface area contributed by atoms with E-state index in [0.717, 1.165) is 45.5 Å². The molecular weight excluding hydrogens is 432 g/mol. The fourth-order valence-electron chi connectivity index (χ4n) is 4.85. The van der Waals surface area contributed by atoms with Crippen LogP contribution in [0.5, 0.6) is 5.75 Å². The number of aryl methyl sites for hydroxylation is 1.